The Labute approximate surface area is 262 Å². The Balaban J connectivity index is 1.57. The van der Waals surface area contributed by atoms with Crippen molar-refractivity contribution in [3.05, 3.63) is 156 Å². The number of hydrogen-bond donors (Lipinski definition) is 0. The third-order valence-corrected chi connectivity index (χ3v) is 8.42. The van der Waals surface area contributed by atoms with E-state index in [0.29, 0.717) is 16.8 Å². The van der Waals surface area contributed by atoms with Crippen LogP contribution in [0.3, 0.4) is 0 Å². The largest absolute Gasteiger partial charge is 0.308 e. The Morgan fingerprint density at radius 3 is 2.04 bits per heavy atom. The topological polar surface area (TPSA) is 63.7 Å². The quantitative estimate of drug-likeness (QED) is 0.204. The average molecular weight is 577 g/mol. The zero-order valence-electron chi connectivity index (χ0n) is 25.0. The third kappa shape index (κ3) is 5.06. The van der Waals surface area contributed by atoms with Gasteiger partial charge < -0.3 is 4.90 Å². The van der Waals surface area contributed by atoms with Crippen molar-refractivity contribution < 1.29 is 0 Å². The van der Waals surface area contributed by atoms with Crippen molar-refractivity contribution in [1.82, 2.24) is 4.98 Å². The maximum atomic E-state index is 10.3. The second kappa shape index (κ2) is 11.5. The van der Waals surface area contributed by atoms with Crippen LogP contribution in [0, 0.1) is 36.5 Å². The molecule has 0 spiro atoms. The Morgan fingerprint density at radius 1 is 0.578 bits per heavy atom. The lowest BCUT2D eigenvalue weighted by Gasteiger charge is -2.29. The van der Waals surface area contributed by atoms with Crippen molar-refractivity contribution in [2.45, 2.75) is 13.8 Å². The molecule has 1 heterocycles. The molecule has 45 heavy (non-hydrogen) atoms. The summed E-state index contributed by atoms with van der Waals surface area (Å²) in [7, 11) is 0. The van der Waals surface area contributed by atoms with Gasteiger partial charge in [-0.05, 0) is 113 Å². The molecule has 0 aliphatic rings. The van der Waals surface area contributed by atoms with Gasteiger partial charge in [-0.3, -0.25) is 4.98 Å². The lowest BCUT2D eigenvalue weighted by molar-refractivity contribution is 1.28. The molecule has 0 amide bonds. The number of rotatable bonds is 5. The molecule has 1 aromatic heterocycles. The summed E-state index contributed by atoms with van der Waals surface area (Å²) in [6.07, 6.45) is 1.79. The second-order valence-electron chi connectivity index (χ2n) is 11.2. The summed E-state index contributed by atoms with van der Waals surface area (Å²) in [5, 5.41) is 23.1. The van der Waals surface area contributed by atoms with E-state index < -0.39 is 0 Å². The summed E-state index contributed by atoms with van der Waals surface area (Å²) in [5.74, 6) is 0. The minimum absolute atomic E-state index is 0.423. The van der Waals surface area contributed by atoms with Crippen LogP contribution < -0.4 is 4.90 Å². The highest BCUT2D eigenvalue weighted by molar-refractivity contribution is 6.04. The van der Waals surface area contributed by atoms with Crippen LogP contribution in [0.2, 0.25) is 0 Å². The molecular weight excluding hydrogens is 548 g/mol. The van der Waals surface area contributed by atoms with E-state index in [1.165, 1.54) is 16.7 Å². The van der Waals surface area contributed by atoms with Crippen LogP contribution >= 0.6 is 0 Å². The fraction of sp³-hybridized carbons (Fsp3) is 0.0488. The molecule has 7 rings (SSSR count). The Morgan fingerprint density at radius 2 is 1.31 bits per heavy atom. The smallest absolute Gasteiger partial charge is 0.101 e. The van der Waals surface area contributed by atoms with Gasteiger partial charge in [0, 0.05) is 22.7 Å². The van der Waals surface area contributed by atoms with Crippen molar-refractivity contribution in [3.8, 4) is 34.4 Å². The summed E-state index contributed by atoms with van der Waals surface area (Å²) in [6.45, 7) is 4.27. The van der Waals surface area contributed by atoms with Crippen LogP contribution in [0.5, 0.6) is 0 Å². The Bertz CT molecular complexity index is 2330. The summed E-state index contributed by atoms with van der Waals surface area (Å²) < 4.78 is 0. The number of fused-ring (bicyclic) bond motifs is 2. The van der Waals surface area contributed by atoms with E-state index in [0.717, 1.165) is 49.7 Å². The Kier molecular flexibility index (Phi) is 7.02. The molecule has 0 unspecified atom stereocenters. The van der Waals surface area contributed by atoms with E-state index in [1.54, 1.807) is 18.3 Å². The highest BCUT2D eigenvalue weighted by atomic mass is 15.1. The van der Waals surface area contributed by atoms with Gasteiger partial charge >= 0.3 is 0 Å². The highest BCUT2D eigenvalue weighted by Gasteiger charge is 2.21. The first-order valence-corrected chi connectivity index (χ1v) is 14.8. The maximum Gasteiger partial charge on any atom is 0.101 e. The van der Waals surface area contributed by atoms with Crippen molar-refractivity contribution in [2.75, 3.05) is 4.90 Å². The fourth-order valence-electron chi connectivity index (χ4n) is 6.15. The molecule has 0 aliphatic heterocycles. The molecule has 7 aromatic rings. The van der Waals surface area contributed by atoms with Crippen LogP contribution in [0.1, 0.15) is 22.3 Å². The molecule has 0 radical (unpaired) electrons. The second-order valence-corrected chi connectivity index (χ2v) is 11.2. The lowest BCUT2D eigenvalue weighted by Crippen LogP contribution is -2.12. The standard InChI is InChI=1S/C41H28N4/c1-27-8-3-5-11-36(27)30-14-16-38-32(21-30)22-33(37-12-6-4-9-28(37)2)24-41(38)45(40-18-13-29(25-42)20-34(40)26-43)35-15-17-39-31(23-35)10-7-19-44-39/h3-24H,1-2H3. The van der Waals surface area contributed by atoms with Gasteiger partial charge in [0.2, 0.25) is 0 Å². The van der Waals surface area contributed by atoms with E-state index in [9.17, 15) is 10.5 Å². The van der Waals surface area contributed by atoms with Crippen molar-refractivity contribution in [3.63, 3.8) is 0 Å². The van der Waals surface area contributed by atoms with Gasteiger partial charge in [0.1, 0.15) is 6.07 Å². The molecule has 212 valence electrons. The first-order chi connectivity index (χ1) is 22.0. The number of aryl methyl sites for hydroxylation is 2. The van der Waals surface area contributed by atoms with Crippen molar-refractivity contribution in [1.29, 1.82) is 10.5 Å². The van der Waals surface area contributed by atoms with Crippen LogP contribution in [0.25, 0.3) is 43.9 Å². The molecule has 0 N–H and O–H groups in total. The van der Waals surface area contributed by atoms with Crippen LogP contribution in [0.4, 0.5) is 17.1 Å². The first kappa shape index (κ1) is 27.6. The molecule has 0 saturated carbocycles. The zero-order valence-corrected chi connectivity index (χ0v) is 25.0. The van der Waals surface area contributed by atoms with Gasteiger partial charge in [0.15, 0.2) is 0 Å². The van der Waals surface area contributed by atoms with E-state index >= 15 is 0 Å². The number of nitrogens with zero attached hydrogens (tertiary/aromatic N) is 4. The molecule has 0 saturated heterocycles. The number of anilines is 3. The predicted molar refractivity (Wildman–Crippen MR) is 184 cm³/mol. The normalized spacial score (nSPS) is 10.8. The van der Waals surface area contributed by atoms with Gasteiger partial charge in [-0.1, -0.05) is 66.7 Å². The van der Waals surface area contributed by atoms with Gasteiger partial charge in [-0.25, -0.2) is 0 Å². The lowest BCUT2D eigenvalue weighted by atomic mass is 9.92. The molecule has 0 bridgehead atoms. The van der Waals surface area contributed by atoms with Crippen molar-refractivity contribution in [2.24, 2.45) is 0 Å². The summed E-state index contributed by atoms with van der Waals surface area (Å²) in [5.41, 5.74) is 11.2. The molecule has 0 aliphatic carbocycles. The van der Waals surface area contributed by atoms with E-state index in [4.69, 9.17) is 0 Å². The number of aromatic nitrogens is 1. The fourth-order valence-corrected chi connectivity index (χ4v) is 6.15. The van der Waals surface area contributed by atoms with Gasteiger partial charge in [0.05, 0.1) is 34.1 Å². The average Bonchev–Trinajstić information content (AvgIpc) is 3.08. The number of benzene rings is 6. The van der Waals surface area contributed by atoms with Gasteiger partial charge in [-0.2, -0.15) is 10.5 Å². The molecule has 4 heteroatoms. The molecule has 4 nitrogen and oxygen atoms in total. The van der Waals surface area contributed by atoms with E-state index in [-0.39, 0.29) is 0 Å². The highest BCUT2D eigenvalue weighted by Crippen LogP contribution is 2.44. The molecule has 0 fully saturated rings. The molecule has 0 atom stereocenters. The van der Waals surface area contributed by atoms with E-state index in [1.807, 2.05) is 30.3 Å². The molecular formula is C41H28N4. The first-order valence-electron chi connectivity index (χ1n) is 14.8. The maximum absolute atomic E-state index is 10.3. The van der Waals surface area contributed by atoms with Crippen LogP contribution in [-0.4, -0.2) is 4.98 Å². The SMILES string of the molecule is Cc1ccccc1-c1ccc2c(N(c3ccc4ncccc4c3)c3ccc(C#N)cc3C#N)cc(-c3ccccc3C)cc2c1. The number of nitriles is 2. The zero-order chi connectivity index (χ0) is 30.9. The number of pyridine rings is 1. The predicted octanol–water partition coefficient (Wildman–Crippen LogP) is 10.6. The van der Waals surface area contributed by atoms with E-state index in [2.05, 4.69) is 121 Å². The van der Waals surface area contributed by atoms with Gasteiger partial charge in [0.25, 0.3) is 0 Å². The van der Waals surface area contributed by atoms with Gasteiger partial charge in [-0.15, -0.1) is 0 Å². The van der Waals surface area contributed by atoms with Crippen LogP contribution in [-0.2, 0) is 0 Å². The molecule has 6 aromatic carbocycles. The van der Waals surface area contributed by atoms with Crippen molar-refractivity contribution >= 4 is 38.7 Å². The summed E-state index contributed by atoms with van der Waals surface area (Å²) >= 11 is 0. The monoisotopic (exact) mass is 576 g/mol. The summed E-state index contributed by atoms with van der Waals surface area (Å²) in [4.78, 5) is 6.68. The van der Waals surface area contributed by atoms with Crippen LogP contribution in [0.15, 0.2) is 134 Å². The minimum atomic E-state index is 0.423. The minimum Gasteiger partial charge on any atom is -0.308 e. The number of hydrogen-bond acceptors (Lipinski definition) is 4. The third-order valence-electron chi connectivity index (χ3n) is 8.42. The summed E-state index contributed by atoms with van der Waals surface area (Å²) in [6, 6.07) is 47.9. The Hall–Kier alpha value is -6.23.